The quantitative estimate of drug-likeness (QED) is 0.407. The van der Waals surface area contributed by atoms with Crippen molar-refractivity contribution in [3.8, 4) is 0 Å². The fourth-order valence-corrected chi connectivity index (χ4v) is 4.08. The number of aromatic nitrogens is 3. The molecule has 3 aromatic rings. The van der Waals surface area contributed by atoms with Gasteiger partial charge in [0.1, 0.15) is 11.4 Å². The predicted molar refractivity (Wildman–Crippen MR) is 133 cm³/mol. The number of ether oxygens (including phenoxy) is 1. The SMILES string of the molecule is Cc1ncc(C(=O)NC2(C(=O)NCc3ncc(Nc4ccc(Cl)cc4C(F)(F)F)cc3C)CCOC2)cn1. The summed E-state index contributed by atoms with van der Waals surface area (Å²) in [6.07, 6.45) is -0.193. The Kier molecular flexibility index (Phi) is 7.83. The fourth-order valence-electron chi connectivity index (χ4n) is 3.90. The number of rotatable bonds is 7. The van der Waals surface area contributed by atoms with E-state index in [1.807, 2.05) is 0 Å². The van der Waals surface area contributed by atoms with Crippen molar-refractivity contribution in [2.45, 2.75) is 38.5 Å². The number of carbonyl (C=O) groups is 2. The standard InChI is InChI=1S/C25H24ClF3N6O3/c1-14-7-18(34-20-4-3-17(26)8-19(20)25(27,28)29)11-32-21(14)12-33-23(37)24(5-6-38-13-24)35-22(36)16-9-30-15(2)31-10-16/h3-4,7-11,34H,5-6,12-13H2,1-2H3,(H,33,37)(H,35,36). The second-order valence-corrected chi connectivity index (χ2v) is 9.28. The Bertz CT molecular complexity index is 1350. The Balaban J connectivity index is 1.44. The van der Waals surface area contributed by atoms with E-state index in [9.17, 15) is 22.8 Å². The molecule has 1 saturated heterocycles. The van der Waals surface area contributed by atoms with Crippen LogP contribution in [0.1, 0.15) is 39.4 Å². The molecular weight excluding hydrogens is 525 g/mol. The lowest BCUT2D eigenvalue weighted by atomic mass is 9.96. The van der Waals surface area contributed by atoms with Gasteiger partial charge in [-0.05, 0) is 43.7 Å². The van der Waals surface area contributed by atoms with Crippen molar-refractivity contribution in [1.82, 2.24) is 25.6 Å². The summed E-state index contributed by atoms with van der Waals surface area (Å²) in [7, 11) is 0. The van der Waals surface area contributed by atoms with Gasteiger partial charge in [0, 0.05) is 30.4 Å². The molecule has 1 aliphatic rings. The van der Waals surface area contributed by atoms with E-state index >= 15 is 0 Å². The molecule has 3 N–H and O–H groups in total. The number of aryl methyl sites for hydroxylation is 2. The first-order valence-electron chi connectivity index (χ1n) is 11.5. The molecule has 1 aliphatic heterocycles. The lowest BCUT2D eigenvalue weighted by molar-refractivity contribution is -0.137. The maximum atomic E-state index is 13.4. The Morgan fingerprint density at radius 3 is 2.47 bits per heavy atom. The van der Waals surface area contributed by atoms with Crippen LogP contribution in [0, 0.1) is 13.8 Å². The minimum Gasteiger partial charge on any atom is -0.378 e. The molecular formula is C25H24ClF3N6O3. The topological polar surface area (TPSA) is 118 Å². The van der Waals surface area contributed by atoms with Crippen molar-refractivity contribution in [2.75, 3.05) is 18.5 Å². The van der Waals surface area contributed by atoms with Crippen molar-refractivity contribution in [1.29, 1.82) is 0 Å². The lowest BCUT2D eigenvalue weighted by Crippen LogP contribution is -2.59. The molecule has 4 rings (SSSR count). The van der Waals surface area contributed by atoms with E-state index in [1.165, 1.54) is 30.7 Å². The molecule has 1 unspecified atom stereocenters. The van der Waals surface area contributed by atoms with Gasteiger partial charge < -0.3 is 20.7 Å². The number of hydrogen-bond acceptors (Lipinski definition) is 7. The van der Waals surface area contributed by atoms with Crippen LogP contribution in [0.2, 0.25) is 5.02 Å². The van der Waals surface area contributed by atoms with Crippen LogP contribution in [0.3, 0.4) is 0 Å². The van der Waals surface area contributed by atoms with Crippen LogP contribution in [0.4, 0.5) is 24.5 Å². The zero-order valence-electron chi connectivity index (χ0n) is 20.4. The molecule has 0 spiro atoms. The Morgan fingerprint density at radius 2 is 1.84 bits per heavy atom. The molecule has 200 valence electrons. The number of nitrogens with one attached hydrogen (secondary N) is 3. The normalized spacial score (nSPS) is 17.2. The molecule has 0 aliphatic carbocycles. The summed E-state index contributed by atoms with van der Waals surface area (Å²) in [4.78, 5) is 38.2. The van der Waals surface area contributed by atoms with E-state index in [1.54, 1.807) is 19.9 Å². The third-order valence-corrected chi connectivity index (χ3v) is 6.26. The van der Waals surface area contributed by atoms with Crippen molar-refractivity contribution >= 4 is 34.8 Å². The average molecular weight is 549 g/mol. The molecule has 2 aromatic heterocycles. The van der Waals surface area contributed by atoms with Gasteiger partial charge in [0.15, 0.2) is 0 Å². The van der Waals surface area contributed by atoms with Crippen LogP contribution in [-0.4, -0.2) is 45.5 Å². The summed E-state index contributed by atoms with van der Waals surface area (Å²) in [5.74, 6) is -0.442. The summed E-state index contributed by atoms with van der Waals surface area (Å²) in [6, 6.07) is 5.07. The minimum absolute atomic E-state index is 0.00477. The van der Waals surface area contributed by atoms with Crippen molar-refractivity contribution in [2.24, 2.45) is 0 Å². The lowest BCUT2D eigenvalue weighted by Gasteiger charge is -2.27. The van der Waals surface area contributed by atoms with E-state index < -0.39 is 29.1 Å². The number of anilines is 2. The van der Waals surface area contributed by atoms with Crippen LogP contribution in [0.5, 0.6) is 0 Å². The Hall–Kier alpha value is -3.77. The second-order valence-electron chi connectivity index (χ2n) is 8.84. The number of halogens is 4. The molecule has 13 heteroatoms. The molecule has 0 bridgehead atoms. The summed E-state index contributed by atoms with van der Waals surface area (Å²) >= 11 is 5.74. The summed E-state index contributed by atoms with van der Waals surface area (Å²) in [5.41, 5.74) is -0.661. The van der Waals surface area contributed by atoms with Crippen molar-refractivity contribution < 1.29 is 27.5 Å². The zero-order chi connectivity index (χ0) is 27.5. The zero-order valence-corrected chi connectivity index (χ0v) is 21.2. The monoisotopic (exact) mass is 548 g/mol. The molecule has 2 amide bonds. The molecule has 1 fully saturated rings. The van der Waals surface area contributed by atoms with Crippen LogP contribution in [0.25, 0.3) is 0 Å². The number of carbonyl (C=O) groups excluding carboxylic acids is 2. The van der Waals surface area contributed by atoms with E-state index in [0.29, 0.717) is 29.4 Å². The van der Waals surface area contributed by atoms with E-state index in [0.717, 1.165) is 6.07 Å². The van der Waals surface area contributed by atoms with E-state index in [2.05, 4.69) is 30.9 Å². The number of benzene rings is 1. The van der Waals surface area contributed by atoms with Gasteiger partial charge in [0.05, 0.1) is 47.5 Å². The molecule has 1 atom stereocenters. The van der Waals surface area contributed by atoms with Crippen LogP contribution in [-0.2, 0) is 22.3 Å². The first kappa shape index (κ1) is 27.3. The molecule has 0 radical (unpaired) electrons. The number of amides is 2. The Morgan fingerprint density at radius 1 is 1.11 bits per heavy atom. The van der Waals surface area contributed by atoms with Gasteiger partial charge in [0.25, 0.3) is 5.91 Å². The fraction of sp³-hybridized carbons (Fsp3) is 0.320. The third kappa shape index (κ3) is 6.20. The number of hydrogen-bond donors (Lipinski definition) is 3. The summed E-state index contributed by atoms with van der Waals surface area (Å²) in [5, 5.41) is 8.23. The molecule has 0 saturated carbocycles. The smallest absolute Gasteiger partial charge is 0.378 e. The van der Waals surface area contributed by atoms with E-state index in [-0.39, 0.29) is 35.8 Å². The highest BCUT2D eigenvalue weighted by molar-refractivity contribution is 6.30. The minimum atomic E-state index is -4.60. The first-order chi connectivity index (χ1) is 18.0. The van der Waals surface area contributed by atoms with Crippen molar-refractivity contribution in [3.05, 3.63) is 76.1 Å². The molecule has 1 aromatic carbocycles. The maximum Gasteiger partial charge on any atom is 0.418 e. The summed E-state index contributed by atoms with van der Waals surface area (Å²) < 4.78 is 45.6. The Labute approximate surface area is 221 Å². The van der Waals surface area contributed by atoms with Gasteiger partial charge in [0.2, 0.25) is 5.91 Å². The van der Waals surface area contributed by atoms with E-state index in [4.69, 9.17) is 16.3 Å². The average Bonchev–Trinajstić information content (AvgIpc) is 3.34. The van der Waals surface area contributed by atoms with Crippen LogP contribution in [0.15, 0.2) is 42.9 Å². The number of pyridine rings is 1. The highest BCUT2D eigenvalue weighted by Crippen LogP contribution is 2.37. The summed E-state index contributed by atoms with van der Waals surface area (Å²) in [6.45, 7) is 3.73. The molecule has 38 heavy (non-hydrogen) atoms. The van der Waals surface area contributed by atoms with Crippen molar-refractivity contribution in [3.63, 3.8) is 0 Å². The molecule has 3 heterocycles. The largest absolute Gasteiger partial charge is 0.418 e. The van der Waals surface area contributed by atoms with Gasteiger partial charge in [-0.25, -0.2) is 9.97 Å². The highest BCUT2D eigenvalue weighted by atomic mass is 35.5. The van der Waals surface area contributed by atoms with Crippen LogP contribution >= 0.6 is 11.6 Å². The van der Waals surface area contributed by atoms with Gasteiger partial charge in [-0.1, -0.05) is 11.6 Å². The molecule has 9 nitrogen and oxygen atoms in total. The van der Waals surface area contributed by atoms with Gasteiger partial charge in [-0.15, -0.1) is 0 Å². The third-order valence-electron chi connectivity index (χ3n) is 6.02. The first-order valence-corrected chi connectivity index (χ1v) is 11.9. The second kappa shape index (κ2) is 10.9. The number of alkyl halides is 3. The predicted octanol–water partition coefficient (Wildman–Crippen LogP) is 4.11. The maximum absolute atomic E-state index is 13.4. The van der Waals surface area contributed by atoms with Gasteiger partial charge in [-0.3, -0.25) is 14.6 Å². The number of nitrogens with zero attached hydrogens (tertiary/aromatic N) is 3. The van der Waals surface area contributed by atoms with Gasteiger partial charge >= 0.3 is 6.18 Å². The highest BCUT2D eigenvalue weighted by Gasteiger charge is 2.44. The van der Waals surface area contributed by atoms with Gasteiger partial charge in [-0.2, -0.15) is 13.2 Å². The van der Waals surface area contributed by atoms with Crippen LogP contribution < -0.4 is 16.0 Å².